The highest BCUT2D eigenvalue weighted by Crippen LogP contribution is 2.18. The van der Waals surface area contributed by atoms with Crippen LogP contribution in [0.25, 0.3) is 0 Å². The van der Waals surface area contributed by atoms with Crippen molar-refractivity contribution in [3.05, 3.63) is 23.3 Å². The fourth-order valence-corrected chi connectivity index (χ4v) is 2.35. The van der Waals surface area contributed by atoms with E-state index in [1.807, 2.05) is 18.0 Å². The van der Waals surface area contributed by atoms with Crippen LogP contribution in [0.5, 0.6) is 0 Å². The molecule has 18 heavy (non-hydrogen) atoms. The first-order chi connectivity index (χ1) is 8.54. The molecule has 0 aromatic carbocycles. The molecule has 0 saturated carbocycles. The normalized spacial score (nSPS) is 13.0. The highest BCUT2D eigenvalue weighted by atomic mass is 32.2. The second kappa shape index (κ2) is 7.74. The lowest BCUT2D eigenvalue weighted by molar-refractivity contribution is 0.563. The van der Waals surface area contributed by atoms with E-state index < -0.39 is 0 Å². The zero-order chi connectivity index (χ0) is 13.5. The molecule has 4 heteroatoms. The monoisotopic (exact) mass is 267 g/mol. The van der Waals surface area contributed by atoms with Gasteiger partial charge in [0, 0.05) is 23.5 Å². The highest BCUT2D eigenvalue weighted by molar-refractivity contribution is 7.99. The Kier molecular flexibility index (Phi) is 6.65. The maximum atomic E-state index is 4.60. The van der Waals surface area contributed by atoms with Crippen LogP contribution in [0.15, 0.2) is 6.20 Å². The number of hydrogen-bond acceptors (Lipinski definition) is 4. The number of thioether (sulfide) groups is 1. The maximum absolute atomic E-state index is 4.60. The van der Waals surface area contributed by atoms with E-state index >= 15 is 0 Å². The van der Waals surface area contributed by atoms with Crippen molar-refractivity contribution in [2.45, 2.75) is 58.1 Å². The van der Waals surface area contributed by atoms with Crippen LogP contribution in [-0.2, 0) is 5.75 Å². The van der Waals surface area contributed by atoms with E-state index in [4.69, 9.17) is 0 Å². The van der Waals surface area contributed by atoms with Crippen LogP contribution < -0.4 is 5.32 Å². The van der Waals surface area contributed by atoms with Crippen molar-refractivity contribution in [2.75, 3.05) is 6.54 Å². The van der Waals surface area contributed by atoms with Crippen molar-refractivity contribution in [3.8, 4) is 0 Å². The molecule has 0 amide bonds. The van der Waals surface area contributed by atoms with Gasteiger partial charge in [-0.05, 0) is 32.1 Å². The Balaban J connectivity index is 2.66. The van der Waals surface area contributed by atoms with E-state index in [1.54, 1.807) is 0 Å². The number of rotatable bonds is 7. The van der Waals surface area contributed by atoms with E-state index in [0.29, 0.717) is 11.3 Å². The van der Waals surface area contributed by atoms with Crippen molar-refractivity contribution in [1.82, 2.24) is 15.3 Å². The van der Waals surface area contributed by atoms with Gasteiger partial charge in [-0.15, -0.1) is 0 Å². The molecular formula is C14H25N3S. The van der Waals surface area contributed by atoms with Crippen LogP contribution in [0.2, 0.25) is 0 Å². The summed E-state index contributed by atoms with van der Waals surface area (Å²) in [6.45, 7) is 11.8. The van der Waals surface area contributed by atoms with E-state index in [1.165, 1.54) is 5.56 Å². The minimum atomic E-state index is 0.330. The Hall–Kier alpha value is -0.610. The van der Waals surface area contributed by atoms with Gasteiger partial charge in [0.1, 0.15) is 5.82 Å². The quantitative estimate of drug-likeness (QED) is 0.820. The molecular weight excluding hydrogens is 242 g/mol. The number of hydrogen-bond donors (Lipinski definition) is 1. The van der Waals surface area contributed by atoms with Crippen LogP contribution in [-0.4, -0.2) is 21.8 Å². The van der Waals surface area contributed by atoms with Crippen molar-refractivity contribution in [2.24, 2.45) is 0 Å². The molecule has 0 fully saturated rings. The molecule has 1 aromatic rings. The minimum absolute atomic E-state index is 0.330. The average molecular weight is 267 g/mol. The summed E-state index contributed by atoms with van der Waals surface area (Å²) in [4.78, 5) is 9.07. The Morgan fingerprint density at radius 2 is 2.06 bits per heavy atom. The summed E-state index contributed by atoms with van der Waals surface area (Å²) in [5.41, 5.74) is 2.31. The first kappa shape index (κ1) is 15.4. The molecule has 1 heterocycles. The molecule has 0 radical (unpaired) electrons. The van der Waals surface area contributed by atoms with Gasteiger partial charge in [0.15, 0.2) is 0 Å². The smallest absolute Gasteiger partial charge is 0.138 e. The predicted octanol–water partition coefficient (Wildman–Crippen LogP) is 3.49. The van der Waals surface area contributed by atoms with E-state index in [0.717, 1.165) is 30.2 Å². The summed E-state index contributed by atoms with van der Waals surface area (Å²) >= 11 is 1.88. The standard InChI is InChI=1S/C14H25N3S/c1-6-7-15-11(4)13-8-16-14(17-12(13)5)9-18-10(2)3/h8,10-11,15H,6-7,9H2,1-5H3. The van der Waals surface area contributed by atoms with Gasteiger partial charge in [-0.1, -0.05) is 20.8 Å². The zero-order valence-electron chi connectivity index (χ0n) is 12.2. The van der Waals surface area contributed by atoms with Gasteiger partial charge in [0.05, 0.1) is 5.75 Å². The Morgan fingerprint density at radius 3 is 2.61 bits per heavy atom. The number of nitrogens with zero attached hydrogens (tertiary/aromatic N) is 2. The van der Waals surface area contributed by atoms with Gasteiger partial charge in [-0.3, -0.25) is 0 Å². The predicted molar refractivity (Wildman–Crippen MR) is 79.9 cm³/mol. The average Bonchev–Trinajstić information content (AvgIpc) is 2.33. The summed E-state index contributed by atoms with van der Waals surface area (Å²) in [6, 6.07) is 0.330. The first-order valence-corrected chi connectivity index (χ1v) is 7.76. The second-order valence-corrected chi connectivity index (χ2v) is 6.43. The Morgan fingerprint density at radius 1 is 1.33 bits per heavy atom. The number of nitrogens with one attached hydrogen (secondary N) is 1. The zero-order valence-corrected chi connectivity index (χ0v) is 13.0. The third kappa shape index (κ3) is 4.94. The van der Waals surface area contributed by atoms with Crippen molar-refractivity contribution >= 4 is 11.8 Å². The molecule has 1 atom stereocenters. The second-order valence-electron chi connectivity index (χ2n) is 4.86. The molecule has 1 rings (SSSR count). The molecule has 102 valence electrons. The molecule has 0 aliphatic rings. The van der Waals surface area contributed by atoms with Crippen molar-refractivity contribution < 1.29 is 0 Å². The summed E-state index contributed by atoms with van der Waals surface area (Å²) < 4.78 is 0. The fourth-order valence-electron chi connectivity index (χ4n) is 1.73. The third-order valence-corrected chi connectivity index (χ3v) is 3.87. The lowest BCUT2D eigenvalue weighted by Crippen LogP contribution is -2.21. The first-order valence-electron chi connectivity index (χ1n) is 6.72. The van der Waals surface area contributed by atoms with Gasteiger partial charge in [0.2, 0.25) is 0 Å². The van der Waals surface area contributed by atoms with E-state index in [9.17, 15) is 0 Å². The molecule has 0 saturated heterocycles. The van der Waals surface area contributed by atoms with Crippen LogP contribution >= 0.6 is 11.8 Å². The summed E-state index contributed by atoms with van der Waals surface area (Å²) in [6.07, 6.45) is 3.12. The SMILES string of the molecule is CCCNC(C)c1cnc(CSC(C)C)nc1C. The van der Waals surface area contributed by atoms with Gasteiger partial charge < -0.3 is 5.32 Å². The maximum Gasteiger partial charge on any atom is 0.138 e. The van der Waals surface area contributed by atoms with Crippen molar-refractivity contribution in [3.63, 3.8) is 0 Å². The molecule has 0 bridgehead atoms. The summed E-state index contributed by atoms with van der Waals surface area (Å²) in [5.74, 6) is 1.84. The molecule has 1 aromatic heterocycles. The molecule has 1 unspecified atom stereocenters. The molecule has 1 N–H and O–H groups in total. The Bertz CT molecular complexity index is 366. The van der Waals surface area contributed by atoms with Gasteiger partial charge in [-0.2, -0.15) is 11.8 Å². The minimum Gasteiger partial charge on any atom is -0.310 e. The molecule has 0 spiro atoms. The lowest BCUT2D eigenvalue weighted by atomic mass is 10.1. The van der Waals surface area contributed by atoms with E-state index in [-0.39, 0.29) is 0 Å². The van der Waals surface area contributed by atoms with Crippen molar-refractivity contribution in [1.29, 1.82) is 0 Å². The van der Waals surface area contributed by atoms with Crippen LogP contribution in [0.3, 0.4) is 0 Å². The summed E-state index contributed by atoms with van der Waals surface area (Å²) in [5, 5.41) is 4.10. The Labute approximate surface area is 115 Å². The topological polar surface area (TPSA) is 37.8 Å². The largest absolute Gasteiger partial charge is 0.310 e. The van der Waals surface area contributed by atoms with Gasteiger partial charge >= 0.3 is 0 Å². The lowest BCUT2D eigenvalue weighted by Gasteiger charge is -2.15. The van der Waals surface area contributed by atoms with Gasteiger partial charge in [-0.25, -0.2) is 9.97 Å². The van der Waals surface area contributed by atoms with Crippen LogP contribution in [0, 0.1) is 6.92 Å². The van der Waals surface area contributed by atoms with Gasteiger partial charge in [0.25, 0.3) is 0 Å². The highest BCUT2D eigenvalue weighted by Gasteiger charge is 2.10. The third-order valence-electron chi connectivity index (χ3n) is 2.78. The van der Waals surface area contributed by atoms with Crippen LogP contribution in [0.1, 0.15) is 57.2 Å². The molecule has 0 aliphatic heterocycles. The summed E-state index contributed by atoms with van der Waals surface area (Å²) in [7, 11) is 0. The number of aryl methyl sites for hydroxylation is 1. The molecule has 3 nitrogen and oxygen atoms in total. The van der Waals surface area contributed by atoms with E-state index in [2.05, 4.69) is 49.9 Å². The van der Waals surface area contributed by atoms with Crippen LogP contribution in [0.4, 0.5) is 0 Å². The molecule has 0 aliphatic carbocycles. The number of aromatic nitrogens is 2. The fraction of sp³-hybridized carbons (Fsp3) is 0.714.